The molecule has 0 aliphatic carbocycles. The van der Waals surface area contributed by atoms with Gasteiger partial charge in [0.25, 0.3) is 5.91 Å². The molecule has 1 aromatic carbocycles. The molecule has 8 heteroatoms. The van der Waals surface area contributed by atoms with Crippen LogP contribution in [0.3, 0.4) is 0 Å². The third kappa shape index (κ3) is 4.88. The molecule has 110 valence electrons. The van der Waals surface area contributed by atoms with E-state index in [1.54, 1.807) is 6.07 Å². The Hall–Kier alpha value is -1.50. The number of ether oxygens (including phenoxy) is 1. The van der Waals surface area contributed by atoms with Gasteiger partial charge in [0.2, 0.25) is 0 Å². The number of benzene rings is 1. The molecule has 0 saturated heterocycles. The van der Waals surface area contributed by atoms with Gasteiger partial charge in [0.05, 0.1) is 11.6 Å². The first kappa shape index (κ1) is 16.6. The van der Waals surface area contributed by atoms with Gasteiger partial charge in [0.1, 0.15) is 5.75 Å². The van der Waals surface area contributed by atoms with Gasteiger partial charge in [-0.25, -0.2) is 4.79 Å². The first-order chi connectivity index (χ1) is 9.31. The molecule has 1 aromatic rings. The molecule has 0 aliphatic heterocycles. The Morgan fingerprint density at radius 1 is 1.40 bits per heavy atom. The summed E-state index contributed by atoms with van der Waals surface area (Å²) >= 11 is 11.6. The molecule has 2 unspecified atom stereocenters. The molecule has 0 spiro atoms. The highest BCUT2D eigenvalue weighted by atomic mass is 35.5. The van der Waals surface area contributed by atoms with Crippen LogP contribution in [0.4, 0.5) is 0 Å². The van der Waals surface area contributed by atoms with E-state index in [2.05, 4.69) is 5.32 Å². The van der Waals surface area contributed by atoms with Crippen molar-refractivity contribution in [2.45, 2.75) is 19.1 Å². The zero-order chi connectivity index (χ0) is 15.3. The van der Waals surface area contributed by atoms with E-state index in [1.807, 2.05) is 0 Å². The fourth-order valence-corrected chi connectivity index (χ4v) is 1.70. The van der Waals surface area contributed by atoms with Gasteiger partial charge in [-0.2, -0.15) is 0 Å². The molecule has 3 N–H and O–H groups in total. The average molecular weight is 322 g/mol. The Labute approximate surface area is 125 Å². The van der Waals surface area contributed by atoms with Crippen molar-refractivity contribution in [3.05, 3.63) is 28.2 Å². The van der Waals surface area contributed by atoms with Crippen LogP contribution in [0.15, 0.2) is 18.2 Å². The van der Waals surface area contributed by atoms with Crippen molar-refractivity contribution < 1.29 is 24.5 Å². The summed E-state index contributed by atoms with van der Waals surface area (Å²) in [5, 5.41) is 20.4. The Morgan fingerprint density at radius 3 is 2.60 bits per heavy atom. The van der Waals surface area contributed by atoms with Crippen molar-refractivity contribution in [1.29, 1.82) is 0 Å². The number of amides is 1. The summed E-state index contributed by atoms with van der Waals surface area (Å²) in [4.78, 5) is 22.0. The number of rotatable bonds is 6. The lowest BCUT2D eigenvalue weighted by Gasteiger charge is -2.16. The van der Waals surface area contributed by atoms with E-state index >= 15 is 0 Å². The van der Waals surface area contributed by atoms with Crippen molar-refractivity contribution in [3.63, 3.8) is 0 Å². The first-order valence-electron chi connectivity index (χ1n) is 5.61. The largest absolute Gasteiger partial charge is 0.479 e. The zero-order valence-electron chi connectivity index (χ0n) is 10.5. The molecule has 0 aliphatic rings. The topological polar surface area (TPSA) is 95.9 Å². The summed E-state index contributed by atoms with van der Waals surface area (Å²) in [6.07, 6.45) is -2.57. The monoisotopic (exact) mass is 321 g/mol. The second-order valence-corrected chi connectivity index (χ2v) is 4.78. The Bertz CT molecular complexity index is 509. The molecule has 0 aromatic heterocycles. The smallest absolute Gasteiger partial charge is 0.334 e. The Kier molecular flexibility index (Phi) is 6.06. The highest BCUT2D eigenvalue weighted by Crippen LogP contribution is 2.28. The van der Waals surface area contributed by atoms with Crippen LogP contribution in [-0.2, 0) is 9.59 Å². The highest BCUT2D eigenvalue weighted by molar-refractivity contribution is 6.35. The molecule has 0 heterocycles. The molecular formula is C12H13Cl2NO5. The second-order valence-electron chi connectivity index (χ2n) is 3.93. The molecule has 20 heavy (non-hydrogen) atoms. The van der Waals surface area contributed by atoms with Gasteiger partial charge in [-0.15, -0.1) is 0 Å². The average Bonchev–Trinajstić information content (AvgIpc) is 2.38. The number of carbonyl (C=O) groups excluding carboxylic acids is 1. The number of aliphatic hydroxyl groups is 1. The summed E-state index contributed by atoms with van der Waals surface area (Å²) in [6, 6.07) is 4.54. The number of aliphatic carboxylic acids is 1. The number of halogens is 2. The Morgan fingerprint density at radius 2 is 2.05 bits per heavy atom. The maximum atomic E-state index is 11.6. The van der Waals surface area contributed by atoms with Crippen molar-refractivity contribution >= 4 is 35.1 Å². The molecule has 0 fully saturated rings. The molecule has 1 rings (SSSR count). The van der Waals surface area contributed by atoms with Gasteiger partial charge in [-0.05, 0) is 25.1 Å². The third-order valence-corrected chi connectivity index (χ3v) is 2.85. The van der Waals surface area contributed by atoms with Gasteiger partial charge >= 0.3 is 5.97 Å². The standard InChI is InChI=1S/C12H13Cl2NO5/c1-6(11(17)15-5-9(16)12(18)19)20-10-3-2-7(13)4-8(10)14/h2-4,6,9,16H,5H2,1H3,(H,15,17)(H,18,19). The first-order valence-corrected chi connectivity index (χ1v) is 6.37. The number of aliphatic hydroxyl groups excluding tert-OH is 1. The van der Waals surface area contributed by atoms with Gasteiger partial charge in [0.15, 0.2) is 12.2 Å². The van der Waals surface area contributed by atoms with E-state index in [4.69, 9.17) is 38.2 Å². The number of hydrogen-bond acceptors (Lipinski definition) is 4. The van der Waals surface area contributed by atoms with Gasteiger partial charge in [-0.3, -0.25) is 4.79 Å². The maximum Gasteiger partial charge on any atom is 0.334 e. The second kappa shape index (κ2) is 7.33. The van der Waals surface area contributed by atoms with Crippen LogP contribution in [0.2, 0.25) is 10.0 Å². The van der Waals surface area contributed by atoms with Crippen molar-refractivity contribution in [3.8, 4) is 5.75 Å². The van der Waals surface area contributed by atoms with Crippen molar-refractivity contribution in [1.82, 2.24) is 5.32 Å². The minimum Gasteiger partial charge on any atom is -0.479 e. The lowest BCUT2D eigenvalue weighted by atomic mass is 10.3. The summed E-state index contributed by atoms with van der Waals surface area (Å²) in [6.45, 7) is 1.06. The fourth-order valence-electron chi connectivity index (χ4n) is 1.24. The van der Waals surface area contributed by atoms with Crippen LogP contribution in [0.1, 0.15) is 6.92 Å². The van der Waals surface area contributed by atoms with Crippen LogP contribution in [0.5, 0.6) is 5.75 Å². The van der Waals surface area contributed by atoms with Crippen LogP contribution < -0.4 is 10.1 Å². The van der Waals surface area contributed by atoms with E-state index in [0.717, 1.165) is 0 Å². The number of carboxylic acids is 1. The quantitative estimate of drug-likeness (QED) is 0.734. The molecule has 2 atom stereocenters. The third-order valence-electron chi connectivity index (χ3n) is 2.32. The van der Waals surface area contributed by atoms with E-state index < -0.39 is 30.6 Å². The Balaban J connectivity index is 2.55. The molecule has 1 amide bonds. The fraction of sp³-hybridized carbons (Fsp3) is 0.333. The van der Waals surface area contributed by atoms with Crippen LogP contribution in [0, 0.1) is 0 Å². The van der Waals surface area contributed by atoms with Crippen LogP contribution in [0.25, 0.3) is 0 Å². The van der Waals surface area contributed by atoms with E-state index in [-0.39, 0.29) is 10.8 Å². The molecule has 6 nitrogen and oxygen atoms in total. The summed E-state index contributed by atoms with van der Waals surface area (Å²) in [5.74, 6) is -1.71. The summed E-state index contributed by atoms with van der Waals surface area (Å²) in [5.41, 5.74) is 0. The zero-order valence-corrected chi connectivity index (χ0v) is 12.0. The number of hydrogen-bond donors (Lipinski definition) is 3. The minimum absolute atomic E-state index is 0.253. The lowest BCUT2D eigenvalue weighted by molar-refractivity contribution is -0.146. The molecular weight excluding hydrogens is 309 g/mol. The summed E-state index contributed by atoms with van der Waals surface area (Å²) in [7, 11) is 0. The minimum atomic E-state index is -1.66. The predicted octanol–water partition coefficient (Wildman–Crippen LogP) is 1.32. The van der Waals surface area contributed by atoms with Crippen molar-refractivity contribution in [2.24, 2.45) is 0 Å². The normalized spacial score (nSPS) is 13.4. The molecule has 0 bridgehead atoms. The SMILES string of the molecule is CC(Oc1ccc(Cl)cc1Cl)C(=O)NCC(O)C(=O)O. The number of carbonyl (C=O) groups is 2. The van der Waals surface area contributed by atoms with Gasteiger partial charge < -0.3 is 20.3 Å². The van der Waals surface area contributed by atoms with E-state index in [1.165, 1.54) is 19.1 Å². The van der Waals surface area contributed by atoms with Crippen molar-refractivity contribution in [2.75, 3.05) is 6.54 Å². The van der Waals surface area contributed by atoms with Gasteiger partial charge in [-0.1, -0.05) is 23.2 Å². The maximum absolute atomic E-state index is 11.6. The summed E-state index contributed by atoms with van der Waals surface area (Å²) < 4.78 is 5.32. The molecule has 0 radical (unpaired) electrons. The van der Waals surface area contributed by atoms with Crippen LogP contribution in [-0.4, -0.2) is 40.8 Å². The highest BCUT2D eigenvalue weighted by Gasteiger charge is 2.19. The predicted molar refractivity (Wildman–Crippen MR) is 73.2 cm³/mol. The number of nitrogens with one attached hydrogen (secondary N) is 1. The number of carboxylic acid groups (broad SMARTS) is 1. The van der Waals surface area contributed by atoms with Crippen LogP contribution >= 0.6 is 23.2 Å². The molecule has 0 saturated carbocycles. The van der Waals surface area contributed by atoms with Gasteiger partial charge in [0, 0.05) is 5.02 Å². The van der Waals surface area contributed by atoms with E-state index in [9.17, 15) is 9.59 Å². The van der Waals surface area contributed by atoms with E-state index in [0.29, 0.717) is 5.02 Å². The lowest BCUT2D eigenvalue weighted by Crippen LogP contribution is -2.42.